The molecule has 0 spiro atoms. The van der Waals surface area contributed by atoms with E-state index < -0.39 is 5.97 Å². The van der Waals surface area contributed by atoms with Crippen LogP contribution in [-0.2, 0) is 6.54 Å². The molecule has 0 unspecified atom stereocenters. The topological polar surface area (TPSA) is 66.6 Å². The summed E-state index contributed by atoms with van der Waals surface area (Å²) < 4.78 is 0.959. The fourth-order valence-electron chi connectivity index (χ4n) is 2.13. The highest BCUT2D eigenvalue weighted by atomic mass is 79.9. The van der Waals surface area contributed by atoms with Crippen LogP contribution in [0, 0.1) is 0 Å². The Morgan fingerprint density at radius 3 is 2.67 bits per heavy atom. The van der Waals surface area contributed by atoms with Gasteiger partial charge >= 0.3 is 5.97 Å². The molecule has 4 nitrogen and oxygen atoms in total. The molecular formula is C15H14BrClN2O2. The number of hydrogen-bond acceptors (Lipinski definition) is 3. The van der Waals surface area contributed by atoms with E-state index in [2.05, 4.69) is 15.9 Å². The average molecular weight is 370 g/mol. The predicted molar refractivity (Wildman–Crippen MR) is 89.1 cm³/mol. The van der Waals surface area contributed by atoms with Gasteiger partial charge in [-0.1, -0.05) is 45.7 Å². The van der Waals surface area contributed by atoms with Crippen LogP contribution < -0.4 is 10.6 Å². The highest BCUT2D eigenvalue weighted by Crippen LogP contribution is 2.33. The van der Waals surface area contributed by atoms with E-state index in [-0.39, 0.29) is 5.56 Å². The van der Waals surface area contributed by atoms with Gasteiger partial charge in [0.1, 0.15) is 0 Å². The molecule has 0 amide bonds. The maximum Gasteiger partial charge on any atom is 0.337 e. The Bertz CT molecular complexity index is 691. The summed E-state index contributed by atoms with van der Waals surface area (Å²) in [5, 5.41) is 9.66. The van der Waals surface area contributed by atoms with Crippen LogP contribution in [0.2, 0.25) is 5.02 Å². The molecule has 0 aliphatic rings. The Balaban J connectivity index is 2.42. The highest BCUT2D eigenvalue weighted by Gasteiger charge is 2.18. The van der Waals surface area contributed by atoms with Gasteiger partial charge in [-0.05, 0) is 23.8 Å². The lowest BCUT2D eigenvalue weighted by Crippen LogP contribution is -2.20. The molecule has 110 valence electrons. The zero-order valence-electron chi connectivity index (χ0n) is 11.3. The maximum atomic E-state index is 11.4. The van der Waals surface area contributed by atoms with E-state index in [4.69, 9.17) is 17.3 Å². The van der Waals surface area contributed by atoms with Crippen LogP contribution in [0.1, 0.15) is 15.9 Å². The van der Waals surface area contributed by atoms with Crippen LogP contribution in [-0.4, -0.2) is 18.1 Å². The molecule has 2 aromatic carbocycles. The van der Waals surface area contributed by atoms with E-state index in [0.29, 0.717) is 22.9 Å². The van der Waals surface area contributed by atoms with Crippen LogP contribution >= 0.6 is 27.5 Å². The summed E-state index contributed by atoms with van der Waals surface area (Å²) in [7, 11) is 1.79. The second-order valence-electron chi connectivity index (χ2n) is 4.65. The molecular weight excluding hydrogens is 356 g/mol. The first-order chi connectivity index (χ1) is 9.90. The van der Waals surface area contributed by atoms with Gasteiger partial charge in [-0.3, -0.25) is 0 Å². The molecule has 0 aromatic heterocycles. The quantitative estimate of drug-likeness (QED) is 0.799. The number of carboxylic acid groups (broad SMARTS) is 1. The number of aromatic carboxylic acids is 1. The monoisotopic (exact) mass is 368 g/mol. The number of hydrogen-bond donors (Lipinski definition) is 2. The van der Waals surface area contributed by atoms with Crippen molar-refractivity contribution >= 4 is 44.9 Å². The first-order valence-electron chi connectivity index (χ1n) is 6.17. The van der Waals surface area contributed by atoms with Gasteiger partial charge in [-0.15, -0.1) is 0 Å². The molecule has 2 aromatic rings. The summed E-state index contributed by atoms with van der Waals surface area (Å²) in [5.41, 5.74) is 7.58. The van der Waals surface area contributed by atoms with E-state index in [0.717, 1.165) is 10.0 Å². The van der Waals surface area contributed by atoms with Crippen molar-refractivity contribution in [1.82, 2.24) is 0 Å². The summed E-state index contributed by atoms with van der Waals surface area (Å²) in [4.78, 5) is 13.2. The Kier molecular flexibility index (Phi) is 4.75. The minimum absolute atomic E-state index is 0.0922. The molecule has 0 atom stereocenters. The number of benzene rings is 2. The van der Waals surface area contributed by atoms with Gasteiger partial charge < -0.3 is 15.7 Å². The van der Waals surface area contributed by atoms with Crippen molar-refractivity contribution < 1.29 is 9.90 Å². The van der Waals surface area contributed by atoms with Gasteiger partial charge in [0, 0.05) is 23.8 Å². The van der Waals surface area contributed by atoms with Crippen LogP contribution in [0.5, 0.6) is 0 Å². The third kappa shape index (κ3) is 3.49. The van der Waals surface area contributed by atoms with E-state index in [1.807, 2.05) is 24.3 Å². The fraction of sp³-hybridized carbons (Fsp3) is 0.133. The zero-order valence-corrected chi connectivity index (χ0v) is 13.6. The Morgan fingerprint density at radius 1 is 1.38 bits per heavy atom. The fourth-order valence-corrected chi connectivity index (χ4v) is 2.91. The average Bonchev–Trinajstić information content (AvgIpc) is 2.40. The molecule has 3 N–H and O–H groups in total. The highest BCUT2D eigenvalue weighted by molar-refractivity contribution is 9.10. The molecule has 0 fully saturated rings. The second-order valence-corrected chi connectivity index (χ2v) is 5.91. The third-order valence-corrected chi connectivity index (χ3v) is 4.12. The van der Waals surface area contributed by atoms with E-state index in [1.54, 1.807) is 18.0 Å². The van der Waals surface area contributed by atoms with Crippen molar-refractivity contribution in [2.45, 2.75) is 6.54 Å². The molecule has 6 heteroatoms. The number of nitrogen functional groups attached to an aromatic ring is 1. The second kappa shape index (κ2) is 6.37. The lowest BCUT2D eigenvalue weighted by molar-refractivity contribution is 0.0697. The van der Waals surface area contributed by atoms with Crippen molar-refractivity contribution in [2.24, 2.45) is 0 Å². The van der Waals surface area contributed by atoms with Crippen molar-refractivity contribution in [1.29, 1.82) is 0 Å². The number of carboxylic acids is 1. The van der Waals surface area contributed by atoms with E-state index >= 15 is 0 Å². The van der Waals surface area contributed by atoms with Gasteiger partial charge in [-0.25, -0.2) is 4.79 Å². The van der Waals surface area contributed by atoms with Crippen molar-refractivity contribution in [3.8, 4) is 0 Å². The minimum atomic E-state index is -1.06. The van der Waals surface area contributed by atoms with E-state index in [9.17, 15) is 9.90 Å². The number of anilines is 2. The molecule has 2 rings (SSSR count). The molecule has 0 saturated heterocycles. The van der Waals surface area contributed by atoms with Crippen LogP contribution in [0.25, 0.3) is 0 Å². The maximum absolute atomic E-state index is 11.4. The van der Waals surface area contributed by atoms with Gasteiger partial charge in [0.15, 0.2) is 0 Å². The third-order valence-electron chi connectivity index (χ3n) is 3.06. The molecule has 0 saturated carbocycles. The van der Waals surface area contributed by atoms with Gasteiger partial charge in [-0.2, -0.15) is 0 Å². The first-order valence-corrected chi connectivity index (χ1v) is 7.34. The lowest BCUT2D eigenvalue weighted by atomic mass is 10.1. The number of nitrogens with zero attached hydrogens (tertiary/aromatic N) is 1. The van der Waals surface area contributed by atoms with Crippen molar-refractivity contribution in [2.75, 3.05) is 17.7 Å². The number of nitrogens with two attached hydrogens (primary N) is 1. The molecule has 0 aliphatic carbocycles. The van der Waals surface area contributed by atoms with Gasteiger partial charge in [0.2, 0.25) is 0 Å². The molecule has 0 aliphatic heterocycles. The lowest BCUT2D eigenvalue weighted by Gasteiger charge is -2.23. The molecule has 0 radical (unpaired) electrons. The smallest absolute Gasteiger partial charge is 0.337 e. The summed E-state index contributed by atoms with van der Waals surface area (Å²) in [5.74, 6) is -1.06. The Morgan fingerprint density at radius 2 is 2.05 bits per heavy atom. The van der Waals surface area contributed by atoms with Crippen LogP contribution in [0.4, 0.5) is 11.4 Å². The minimum Gasteiger partial charge on any atom is -0.478 e. The standard InChI is InChI=1S/C15H14BrClN2O2/c1-19(8-9-4-2-3-5-12(9)16)14-11(15(20)21)6-10(18)7-13(14)17/h2-7H,8,18H2,1H3,(H,20,21). The molecule has 0 bridgehead atoms. The Hall–Kier alpha value is -1.72. The van der Waals surface area contributed by atoms with Gasteiger partial charge in [0.05, 0.1) is 16.3 Å². The summed E-state index contributed by atoms with van der Waals surface area (Å²) in [6, 6.07) is 10.7. The number of rotatable bonds is 4. The SMILES string of the molecule is CN(Cc1ccccc1Br)c1c(Cl)cc(N)cc1C(=O)O. The van der Waals surface area contributed by atoms with E-state index in [1.165, 1.54) is 6.07 Å². The van der Waals surface area contributed by atoms with Crippen LogP contribution in [0.3, 0.4) is 0 Å². The summed E-state index contributed by atoms with van der Waals surface area (Å²) in [6.45, 7) is 0.519. The summed E-state index contributed by atoms with van der Waals surface area (Å²) >= 11 is 9.66. The number of halogens is 2. The van der Waals surface area contributed by atoms with Crippen molar-refractivity contribution in [3.63, 3.8) is 0 Å². The predicted octanol–water partition coefficient (Wildman–Crippen LogP) is 4.02. The summed E-state index contributed by atoms with van der Waals surface area (Å²) in [6.07, 6.45) is 0. The van der Waals surface area contributed by atoms with Crippen LogP contribution in [0.15, 0.2) is 40.9 Å². The number of carbonyl (C=O) groups is 1. The van der Waals surface area contributed by atoms with Gasteiger partial charge in [0.25, 0.3) is 0 Å². The van der Waals surface area contributed by atoms with Crippen molar-refractivity contribution in [3.05, 3.63) is 57.0 Å². The largest absolute Gasteiger partial charge is 0.478 e. The first kappa shape index (κ1) is 15.7. The Labute approximate surface area is 136 Å². The molecule has 21 heavy (non-hydrogen) atoms. The normalized spacial score (nSPS) is 10.4. The zero-order chi connectivity index (χ0) is 15.6. The molecule has 0 heterocycles.